The number of hydrogen-bond donors (Lipinski definition) is 3. The highest BCUT2D eigenvalue weighted by molar-refractivity contribution is 14.1. The third kappa shape index (κ3) is 2.51. The summed E-state index contributed by atoms with van der Waals surface area (Å²) in [5.41, 5.74) is 2.01. The maximum atomic E-state index is 7.53. The molecule has 4 heteroatoms. The van der Waals surface area contributed by atoms with Gasteiger partial charge in [-0.1, -0.05) is 12.1 Å². The van der Waals surface area contributed by atoms with Crippen LogP contribution in [0.3, 0.4) is 0 Å². The summed E-state index contributed by atoms with van der Waals surface area (Å²) >= 11 is 2.23. The van der Waals surface area contributed by atoms with Gasteiger partial charge in [0, 0.05) is 9.13 Å². The summed E-state index contributed by atoms with van der Waals surface area (Å²) in [5.74, 6) is 0.257. The highest BCUT2D eigenvalue weighted by atomic mass is 127. The minimum atomic E-state index is 0.257. The molecule has 3 N–H and O–H groups in total. The van der Waals surface area contributed by atoms with Crippen molar-refractivity contribution >= 4 is 34.8 Å². The van der Waals surface area contributed by atoms with Gasteiger partial charge in [-0.05, 0) is 41.1 Å². The van der Waals surface area contributed by atoms with Gasteiger partial charge in [0.2, 0.25) is 0 Å². The van der Waals surface area contributed by atoms with Gasteiger partial charge < -0.3 is 5.32 Å². The molecule has 0 aromatic heterocycles. The molecule has 0 fully saturated rings. The van der Waals surface area contributed by atoms with Crippen LogP contribution in [0.15, 0.2) is 18.2 Å². The molecule has 0 amide bonds. The molecule has 68 valence electrons. The van der Waals surface area contributed by atoms with Crippen LogP contribution < -0.4 is 5.32 Å². The van der Waals surface area contributed by atoms with Crippen molar-refractivity contribution in [1.29, 1.82) is 10.8 Å². The van der Waals surface area contributed by atoms with E-state index in [0.29, 0.717) is 0 Å². The van der Waals surface area contributed by atoms with Gasteiger partial charge in [0.05, 0.1) is 6.34 Å². The van der Waals surface area contributed by atoms with Crippen molar-refractivity contribution in [3.63, 3.8) is 0 Å². The quantitative estimate of drug-likeness (QED) is 0.435. The molecule has 0 heterocycles. The molecule has 1 rings (SSSR count). The van der Waals surface area contributed by atoms with Crippen LogP contribution in [-0.2, 0) is 0 Å². The number of hydrogen-bond acceptors (Lipinski definition) is 2. The van der Waals surface area contributed by atoms with Crippen LogP contribution in [0.4, 0.5) is 0 Å². The van der Waals surface area contributed by atoms with Crippen LogP contribution in [0.2, 0.25) is 0 Å². The number of halogens is 1. The Morgan fingerprint density at radius 3 is 2.77 bits per heavy atom. The molecular formula is C9H10IN3. The van der Waals surface area contributed by atoms with Crippen molar-refractivity contribution in [3.05, 3.63) is 32.9 Å². The first-order chi connectivity index (χ1) is 6.15. The largest absolute Gasteiger partial charge is 0.332 e. The molecule has 0 aliphatic carbocycles. The Bertz CT molecular complexity index is 347. The Kier molecular flexibility index (Phi) is 3.41. The fraction of sp³-hybridized carbons (Fsp3) is 0.111. The Balaban J connectivity index is 2.96. The topological polar surface area (TPSA) is 59.7 Å². The fourth-order valence-corrected chi connectivity index (χ4v) is 1.42. The van der Waals surface area contributed by atoms with Gasteiger partial charge in [-0.2, -0.15) is 0 Å². The van der Waals surface area contributed by atoms with E-state index in [-0.39, 0.29) is 5.84 Å². The van der Waals surface area contributed by atoms with Crippen molar-refractivity contribution in [1.82, 2.24) is 5.32 Å². The van der Waals surface area contributed by atoms with Crippen LogP contribution in [0.1, 0.15) is 11.1 Å². The fourth-order valence-electron chi connectivity index (χ4n) is 0.904. The normalized spacial score (nSPS) is 9.38. The molecule has 0 unspecified atom stereocenters. The summed E-state index contributed by atoms with van der Waals surface area (Å²) in [5, 5.41) is 16.9. The lowest BCUT2D eigenvalue weighted by atomic mass is 10.1. The highest BCUT2D eigenvalue weighted by Gasteiger charge is 2.01. The zero-order valence-corrected chi connectivity index (χ0v) is 9.34. The van der Waals surface area contributed by atoms with Crippen molar-refractivity contribution in [2.24, 2.45) is 0 Å². The summed E-state index contributed by atoms with van der Waals surface area (Å²) in [4.78, 5) is 0. The summed E-state index contributed by atoms with van der Waals surface area (Å²) in [7, 11) is 0. The predicted molar refractivity (Wildman–Crippen MR) is 62.6 cm³/mol. The van der Waals surface area contributed by atoms with Gasteiger partial charge in [0.25, 0.3) is 0 Å². The molecule has 0 radical (unpaired) electrons. The van der Waals surface area contributed by atoms with Crippen molar-refractivity contribution in [3.8, 4) is 0 Å². The monoisotopic (exact) mass is 287 g/mol. The van der Waals surface area contributed by atoms with E-state index in [1.165, 1.54) is 5.56 Å². The first-order valence-electron chi connectivity index (χ1n) is 3.75. The highest BCUT2D eigenvalue weighted by Crippen LogP contribution is 2.13. The lowest BCUT2D eigenvalue weighted by molar-refractivity contribution is 1.28. The number of rotatable bonds is 2. The molecule has 0 atom stereocenters. The second kappa shape index (κ2) is 4.36. The van der Waals surface area contributed by atoms with Gasteiger partial charge in [0.15, 0.2) is 0 Å². The van der Waals surface area contributed by atoms with Gasteiger partial charge in [-0.25, -0.2) is 0 Å². The third-order valence-electron chi connectivity index (χ3n) is 1.68. The van der Waals surface area contributed by atoms with Gasteiger partial charge >= 0.3 is 0 Å². The zero-order valence-electron chi connectivity index (χ0n) is 7.19. The van der Waals surface area contributed by atoms with Crippen LogP contribution in [0, 0.1) is 21.3 Å². The number of aryl methyl sites for hydroxylation is 1. The zero-order chi connectivity index (χ0) is 9.84. The molecule has 1 aromatic carbocycles. The van der Waals surface area contributed by atoms with Crippen molar-refractivity contribution < 1.29 is 0 Å². The van der Waals surface area contributed by atoms with Gasteiger partial charge in [0.1, 0.15) is 5.84 Å². The molecule has 0 bridgehead atoms. The lowest BCUT2D eigenvalue weighted by Gasteiger charge is -2.04. The van der Waals surface area contributed by atoms with E-state index >= 15 is 0 Å². The van der Waals surface area contributed by atoms with E-state index in [4.69, 9.17) is 10.8 Å². The lowest BCUT2D eigenvalue weighted by Crippen LogP contribution is -2.20. The van der Waals surface area contributed by atoms with Crippen LogP contribution in [-0.4, -0.2) is 12.2 Å². The third-order valence-corrected chi connectivity index (χ3v) is 2.84. The van der Waals surface area contributed by atoms with Gasteiger partial charge in [-0.3, -0.25) is 10.8 Å². The van der Waals surface area contributed by atoms with Crippen LogP contribution in [0.5, 0.6) is 0 Å². The maximum Gasteiger partial charge on any atom is 0.130 e. The van der Waals surface area contributed by atoms with Crippen LogP contribution >= 0.6 is 22.6 Å². The smallest absolute Gasteiger partial charge is 0.130 e. The summed E-state index contributed by atoms with van der Waals surface area (Å²) in [6, 6.07) is 5.77. The Morgan fingerprint density at radius 1 is 1.54 bits per heavy atom. The average Bonchev–Trinajstić information content (AvgIpc) is 2.10. The van der Waals surface area contributed by atoms with E-state index in [9.17, 15) is 0 Å². The first kappa shape index (κ1) is 10.2. The molecule has 0 aliphatic rings. The molecule has 0 saturated carbocycles. The Labute approximate surface area is 90.7 Å². The Hall–Kier alpha value is -0.910. The molecule has 0 aliphatic heterocycles. The summed E-state index contributed by atoms with van der Waals surface area (Å²) < 4.78 is 1.13. The molecule has 3 nitrogen and oxygen atoms in total. The van der Waals surface area contributed by atoms with E-state index in [0.717, 1.165) is 15.5 Å². The van der Waals surface area contributed by atoms with E-state index in [1.807, 2.05) is 25.1 Å². The maximum absolute atomic E-state index is 7.53. The van der Waals surface area contributed by atoms with Gasteiger partial charge in [-0.15, -0.1) is 0 Å². The molecule has 0 saturated heterocycles. The number of nitrogens with one attached hydrogen (secondary N) is 3. The molecule has 13 heavy (non-hydrogen) atoms. The molecular weight excluding hydrogens is 277 g/mol. The average molecular weight is 287 g/mol. The minimum absolute atomic E-state index is 0.257. The predicted octanol–water partition coefficient (Wildman–Crippen LogP) is 2.12. The van der Waals surface area contributed by atoms with Crippen LogP contribution in [0.25, 0.3) is 0 Å². The number of benzene rings is 1. The molecule has 0 spiro atoms. The second-order valence-corrected chi connectivity index (χ2v) is 3.79. The number of amidine groups is 1. The molecule has 1 aromatic rings. The summed E-state index contributed by atoms with van der Waals surface area (Å²) in [6.07, 6.45) is 1.01. The first-order valence-corrected chi connectivity index (χ1v) is 4.83. The van der Waals surface area contributed by atoms with E-state index in [1.54, 1.807) is 0 Å². The van der Waals surface area contributed by atoms with E-state index < -0.39 is 0 Å². The summed E-state index contributed by atoms with van der Waals surface area (Å²) in [6.45, 7) is 2.03. The van der Waals surface area contributed by atoms with Crippen molar-refractivity contribution in [2.45, 2.75) is 6.92 Å². The van der Waals surface area contributed by atoms with E-state index in [2.05, 4.69) is 27.9 Å². The van der Waals surface area contributed by atoms with Crippen molar-refractivity contribution in [2.75, 3.05) is 0 Å². The standard InChI is InChI=1S/C9H10IN3/c1-6-2-3-7(4-8(6)10)9(12)13-5-11/h2-5H,1H3,(H3,11,12,13). The second-order valence-electron chi connectivity index (χ2n) is 2.63. The minimum Gasteiger partial charge on any atom is -0.332 e. The Morgan fingerprint density at radius 2 is 2.23 bits per heavy atom. The SMILES string of the molecule is Cc1ccc(C(=N)NC=N)cc1I.